The highest BCUT2D eigenvalue weighted by molar-refractivity contribution is 5.86. The van der Waals surface area contributed by atoms with Crippen LogP contribution in [0.2, 0.25) is 0 Å². The van der Waals surface area contributed by atoms with Gasteiger partial charge < -0.3 is 16.0 Å². The number of hydrogen-bond acceptors (Lipinski definition) is 1. The van der Waals surface area contributed by atoms with Crippen molar-refractivity contribution >= 4 is 16.9 Å². The maximum atomic E-state index is 5.87. The quantitative estimate of drug-likeness (QED) is 0.564. The molecular formula is C17H26N4. The molecule has 0 unspecified atom stereocenters. The van der Waals surface area contributed by atoms with Crippen molar-refractivity contribution in [2.24, 2.45) is 16.6 Å². The van der Waals surface area contributed by atoms with Crippen molar-refractivity contribution in [1.82, 2.24) is 10.3 Å². The molecule has 0 fully saturated rings. The normalized spacial score (nSPS) is 12.3. The fourth-order valence-corrected chi connectivity index (χ4v) is 2.40. The molecule has 1 heterocycles. The van der Waals surface area contributed by atoms with Gasteiger partial charge in [-0.3, -0.25) is 4.99 Å². The van der Waals surface area contributed by atoms with Gasteiger partial charge in [-0.05, 0) is 36.8 Å². The second-order valence-corrected chi connectivity index (χ2v) is 5.94. The molecule has 0 radical (unpaired) electrons. The summed E-state index contributed by atoms with van der Waals surface area (Å²) in [5.74, 6) is 1.21. The van der Waals surface area contributed by atoms with Crippen molar-refractivity contribution in [3.8, 4) is 0 Å². The van der Waals surface area contributed by atoms with E-state index in [0.717, 1.165) is 25.9 Å². The van der Waals surface area contributed by atoms with Crippen molar-refractivity contribution in [2.45, 2.75) is 33.6 Å². The lowest BCUT2D eigenvalue weighted by atomic mass is 10.1. The van der Waals surface area contributed by atoms with Gasteiger partial charge in [-0.1, -0.05) is 32.0 Å². The predicted molar refractivity (Wildman–Crippen MR) is 90.7 cm³/mol. The van der Waals surface area contributed by atoms with E-state index >= 15 is 0 Å². The Bertz CT molecular complexity index is 610. The molecule has 4 N–H and O–H groups in total. The van der Waals surface area contributed by atoms with Gasteiger partial charge in [0.2, 0.25) is 0 Å². The average Bonchev–Trinajstić information content (AvgIpc) is 2.83. The molecule has 1 aromatic carbocycles. The van der Waals surface area contributed by atoms with E-state index in [9.17, 15) is 0 Å². The number of aryl methyl sites for hydroxylation is 1. The number of fused-ring (bicyclic) bond motifs is 1. The van der Waals surface area contributed by atoms with Crippen LogP contribution in [0.5, 0.6) is 0 Å². The highest BCUT2D eigenvalue weighted by Gasteiger charge is 2.05. The summed E-state index contributed by atoms with van der Waals surface area (Å²) in [7, 11) is 0. The number of benzene rings is 1. The van der Waals surface area contributed by atoms with E-state index in [1.165, 1.54) is 22.0 Å². The van der Waals surface area contributed by atoms with Gasteiger partial charge in [-0.15, -0.1) is 0 Å². The first-order chi connectivity index (χ1) is 10.1. The minimum Gasteiger partial charge on any atom is -0.370 e. The third kappa shape index (κ3) is 4.25. The zero-order valence-corrected chi connectivity index (χ0v) is 13.2. The number of aromatic nitrogens is 1. The van der Waals surface area contributed by atoms with E-state index in [1.54, 1.807) is 0 Å². The Morgan fingerprint density at radius 3 is 2.95 bits per heavy atom. The zero-order valence-electron chi connectivity index (χ0n) is 13.2. The summed E-state index contributed by atoms with van der Waals surface area (Å²) in [6, 6.07) is 6.39. The van der Waals surface area contributed by atoms with Gasteiger partial charge in [0, 0.05) is 30.2 Å². The smallest absolute Gasteiger partial charge is 0.188 e. The first-order valence-corrected chi connectivity index (χ1v) is 7.67. The van der Waals surface area contributed by atoms with E-state index in [1.807, 2.05) is 0 Å². The molecule has 0 amide bonds. The van der Waals surface area contributed by atoms with Crippen LogP contribution in [0.4, 0.5) is 0 Å². The molecule has 0 spiro atoms. The highest BCUT2D eigenvalue weighted by atomic mass is 15.1. The molecule has 0 bridgehead atoms. The maximum Gasteiger partial charge on any atom is 0.188 e. The van der Waals surface area contributed by atoms with Crippen LogP contribution in [0.3, 0.4) is 0 Å². The van der Waals surface area contributed by atoms with Gasteiger partial charge in [0.05, 0.1) is 0 Å². The molecule has 4 heteroatoms. The Kier molecular flexibility index (Phi) is 5.26. The monoisotopic (exact) mass is 286 g/mol. The summed E-state index contributed by atoms with van der Waals surface area (Å²) in [5, 5.41) is 4.49. The number of guanidine groups is 1. The number of nitrogens with two attached hydrogens (primary N) is 1. The second-order valence-electron chi connectivity index (χ2n) is 5.94. The van der Waals surface area contributed by atoms with E-state index in [0.29, 0.717) is 11.9 Å². The number of H-pyrrole nitrogens is 1. The molecule has 0 atom stereocenters. The molecule has 4 nitrogen and oxygen atoms in total. The van der Waals surface area contributed by atoms with Gasteiger partial charge >= 0.3 is 0 Å². The summed E-state index contributed by atoms with van der Waals surface area (Å²) >= 11 is 0. The number of nitrogens with one attached hydrogen (secondary N) is 2. The molecule has 0 saturated heterocycles. The van der Waals surface area contributed by atoms with Crippen molar-refractivity contribution in [2.75, 3.05) is 13.1 Å². The Morgan fingerprint density at radius 1 is 1.38 bits per heavy atom. The number of aliphatic imine (C=N–C) groups is 1. The molecule has 0 aliphatic carbocycles. The Morgan fingerprint density at radius 2 is 2.19 bits per heavy atom. The summed E-state index contributed by atoms with van der Waals surface area (Å²) in [6.07, 6.45) is 4.10. The number of rotatable bonds is 6. The molecule has 0 aliphatic rings. The second kappa shape index (κ2) is 7.16. The Labute approximate surface area is 126 Å². The molecule has 21 heavy (non-hydrogen) atoms. The minimum atomic E-state index is 0.548. The largest absolute Gasteiger partial charge is 0.370 e. The molecule has 114 valence electrons. The molecule has 2 aromatic rings. The standard InChI is InChI=1S/C17H26N4/c1-12(2)7-9-19-17(18)20-10-8-14-11-21-16-13(3)5-4-6-15(14)16/h4-6,11-12,21H,7-10H2,1-3H3,(H3,18,19,20). The summed E-state index contributed by atoms with van der Waals surface area (Å²) < 4.78 is 0. The highest BCUT2D eigenvalue weighted by Crippen LogP contribution is 2.21. The van der Waals surface area contributed by atoms with Crippen molar-refractivity contribution in [3.63, 3.8) is 0 Å². The van der Waals surface area contributed by atoms with Crippen LogP contribution in [-0.4, -0.2) is 24.0 Å². The van der Waals surface area contributed by atoms with Gasteiger partial charge in [-0.25, -0.2) is 0 Å². The molecule has 2 rings (SSSR count). The lowest BCUT2D eigenvalue weighted by Crippen LogP contribution is -2.33. The van der Waals surface area contributed by atoms with Crippen LogP contribution in [0.25, 0.3) is 10.9 Å². The fraction of sp³-hybridized carbons (Fsp3) is 0.471. The van der Waals surface area contributed by atoms with Crippen LogP contribution in [0.15, 0.2) is 29.4 Å². The predicted octanol–water partition coefficient (Wildman–Crippen LogP) is 2.97. The number of aromatic amines is 1. The van der Waals surface area contributed by atoms with Crippen molar-refractivity contribution < 1.29 is 0 Å². The van der Waals surface area contributed by atoms with Gasteiger partial charge in [0.25, 0.3) is 0 Å². The van der Waals surface area contributed by atoms with E-state index < -0.39 is 0 Å². The van der Waals surface area contributed by atoms with Crippen LogP contribution >= 0.6 is 0 Å². The van der Waals surface area contributed by atoms with E-state index in [2.05, 4.69) is 60.5 Å². The average molecular weight is 286 g/mol. The van der Waals surface area contributed by atoms with E-state index in [4.69, 9.17) is 5.73 Å². The summed E-state index contributed by atoms with van der Waals surface area (Å²) in [4.78, 5) is 7.69. The number of hydrogen-bond donors (Lipinski definition) is 3. The van der Waals surface area contributed by atoms with Gasteiger partial charge in [-0.2, -0.15) is 0 Å². The topological polar surface area (TPSA) is 66.2 Å². The minimum absolute atomic E-state index is 0.548. The van der Waals surface area contributed by atoms with Gasteiger partial charge in [0.15, 0.2) is 5.96 Å². The SMILES string of the molecule is Cc1cccc2c(CCNC(N)=NCCC(C)C)c[nH]c12. The van der Waals surface area contributed by atoms with Crippen molar-refractivity contribution in [3.05, 3.63) is 35.5 Å². The maximum absolute atomic E-state index is 5.87. The summed E-state index contributed by atoms with van der Waals surface area (Å²) in [5.41, 5.74) is 9.69. The third-order valence-corrected chi connectivity index (χ3v) is 3.70. The van der Waals surface area contributed by atoms with Crippen LogP contribution in [0, 0.1) is 12.8 Å². The lowest BCUT2D eigenvalue weighted by Gasteiger charge is -2.06. The molecule has 0 aliphatic heterocycles. The number of nitrogens with zero attached hydrogens (tertiary/aromatic N) is 1. The first-order valence-electron chi connectivity index (χ1n) is 7.67. The molecule has 1 aromatic heterocycles. The Hall–Kier alpha value is -1.97. The van der Waals surface area contributed by atoms with Crippen LogP contribution in [-0.2, 0) is 6.42 Å². The first kappa shape index (κ1) is 15.4. The van der Waals surface area contributed by atoms with Crippen LogP contribution in [0.1, 0.15) is 31.4 Å². The summed E-state index contributed by atoms with van der Waals surface area (Å²) in [6.45, 7) is 8.11. The Balaban J connectivity index is 1.86. The van der Waals surface area contributed by atoms with E-state index in [-0.39, 0.29) is 0 Å². The third-order valence-electron chi connectivity index (χ3n) is 3.70. The van der Waals surface area contributed by atoms with Crippen LogP contribution < -0.4 is 11.1 Å². The fourth-order valence-electron chi connectivity index (χ4n) is 2.40. The van der Waals surface area contributed by atoms with Crippen molar-refractivity contribution in [1.29, 1.82) is 0 Å². The molecule has 0 saturated carbocycles. The lowest BCUT2D eigenvalue weighted by molar-refractivity contribution is 0.595. The van der Waals surface area contributed by atoms with Gasteiger partial charge in [0.1, 0.15) is 0 Å². The number of para-hydroxylation sites is 1. The zero-order chi connectivity index (χ0) is 15.2. The molecular weight excluding hydrogens is 260 g/mol.